The van der Waals surface area contributed by atoms with Crippen LogP contribution in [0.5, 0.6) is 0 Å². The van der Waals surface area contributed by atoms with Gasteiger partial charge in [0, 0.05) is 13.1 Å². The Hall–Kier alpha value is -2.04. The van der Waals surface area contributed by atoms with Gasteiger partial charge in [0.1, 0.15) is 12.7 Å². The number of hydrogen-bond acceptors (Lipinski definition) is 4. The second-order valence-corrected chi connectivity index (χ2v) is 6.20. The molecule has 106 valence electrons. The van der Waals surface area contributed by atoms with Crippen molar-refractivity contribution in [1.82, 2.24) is 4.31 Å². The van der Waals surface area contributed by atoms with Crippen molar-refractivity contribution in [1.29, 1.82) is 0 Å². The van der Waals surface area contributed by atoms with Crippen molar-refractivity contribution in [3.63, 3.8) is 0 Å². The van der Waals surface area contributed by atoms with Crippen LogP contribution in [0.2, 0.25) is 0 Å². The Morgan fingerprint density at radius 2 is 2.20 bits per heavy atom. The monoisotopic (exact) mass is 294 g/mol. The van der Waals surface area contributed by atoms with E-state index in [-0.39, 0.29) is 19.6 Å². The Bertz CT molecular complexity index is 663. The van der Waals surface area contributed by atoms with E-state index in [1.54, 1.807) is 24.3 Å². The van der Waals surface area contributed by atoms with Gasteiger partial charge in [0.25, 0.3) is 0 Å². The third-order valence-electron chi connectivity index (χ3n) is 2.93. The number of terminal acetylenes is 1. The summed E-state index contributed by atoms with van der Waals surface area (Å²) in [6.07, 6.45) is 6.57. The second-order valence-electron chi connectivity index (χ2n) is 4.34. The van der Waals surface area contributed by atoms with Gasteiger partial charge >= 0.3 is 16.2 Å². The molecule has 1 saturated heterocycles. The second kappa shape index (κ2) is 5.53. The highest BCUT2D eigenvalue weighted by atomic mass is 32.2. The smallest absolute Gasteiger partial charge is 0.335 e. The molecule has 1 aromatic rings. The standard InChI is InChI=1S/C13H14N2O4S/c1-3-19-13(16)10-14-7-8-15(20(14,17)18)12-6-4-5-11(2)9-12/h1,4-6,9H,7-8,10H2,2H3. The molecule has 7 heteroatoms. The molecule has 0 N–H and O–H groups in total. The number of esters is 1. The van der Waals surface area contributed by atoms with Gasteiger partial charge in [-0.2, -0.15) is 12.7 Å². The first-order valence-corrected chi connectivity index (χ1v) is 7.34. The van der Waals surface area contributed by atoms with Crippen molar-refractivity contribution in [2.75, 3.05) is 23.9 Å². The lowest BCUT2D eigenvalue weighted by Crippen LogP contribution is -2.36. The number of carbonyl (C=O) groups is 1. The summed E-state index contributed by atoms with van der Waals surface area (Å²) in [6.45, 7) is 2.01. The lowest BCUT2D eigenvalue weighted by Gasteiger charge is -2.19. The van der Waals surface area contributed by atoms with E-state index < -0.39 is 16.2 Å². The number of nitrogens with zero attached hydrogens (tertiary/aromatic N) is 2. The normalized spacial score (nSPS) is 17.7. The molecule has 0 aliphatic carbocycles. The third-order valence-corrected chi connectivity index (χ3v) is 4.84. The van der Waals surface area contributed by atoms with Crippen LogP contribution in [0.25, 0.3) is 0 Å². The molecule has 0 bridgehead atoms. The summed E-state index contributed by atoms with van der Waals surface area (Å²) in [5.41, 5.74) is 1.54. The largest absolute Gasteiger partial charge is 0.371 e. The maximum absolute atomic E-state index is 12.3. The number of benzene rings is 1. The molecule has 2 rings (SSSR count). The fourth-order valence-corrected chi connectivity index (χ4v) is 3.57. The van der Waals surface area contributed by atoms with Gasteiger partial charge in [-0.15, -0.1) is 0 Å². The Kier molecular flexibility index (Phi) is 3.97. The van der Waals surface area contributed by atoms with Crippen molar-refractivity contribution >= 4 is 21.9 Å². The molecule has 6 nitrogen and oxygen atoms in total. The van der Waals surface area contributed by atoms with E-state index in [1.165, 1.54) is 4.31 Å². The first kappa shape index (κ1) is 14.4. The maximum Gasteiger partial charge on any atom is 0.335 e. The van der Waals surface area contributed by atoms with Crippen molar-refractivity contribution < 1.29 is 17.9 Å². The van der Waals surface area contributed by atoms with Crippen LogP contribution in [0.15, 0.2) is 24.3 Å². The average molecular weight is 294 g/mol. The Labute approximate surface area is 118 Å². The average Bonchev–Trinajstić information content (AvgIpc) is 2.65. The summed E-state index contributed by atoms with van der Waals surface area (Å²) in [5.74, 6) is -0.762. The predicted molar refractivity (Wildman–Crippen MR) is 73.9 cm³/mol. The minimum absolute atomic E-state index is 0.218. The molecule has 1 aliphatic heterocycles. The number of hydrogen-bond donors (Lipinski definition) is 0. The molecule has 1 fully saturated rings. The van der Waals surface area contributed by atoms with E-state index in [2.05, 4.69) is 4.74 Å². The van der Waals surface area contributed by atoms with Crippen LogP contribution in [0, 0.1) is 19.5 Å². The minimum atomic E-state index is -3.71. The number of rotatable bonds is 3. The van der Waals surface area contributed by atoms with E-state index in [0.29, 0.717) is 5.69 Å². The molecule has 1 aromatic carbocycles. The molecule has 1 heterocycles. The fraction of sp³-hybridized carbons (Fsp3) is 0.308. The Morgan fingerprint density at radius 3 is 2.85 bits per heavy atom. The summed E-state index contributed by atoms with van der Waals surface area (Å²) in [7, 11) is -3.71. The minimum Gasteiger partial charge on any atom is -0.371 e. The van der Waals surface area contributed by atoms with E-state index in [0.717, 1.165) is 9.87 Å². The summed E-state index contributed by atoms with van der Waals surface area (Å²) in [6, 6.07) is 7.16. The summed E-state index contributed by atoms with van der Waals surface area (Å²) in [5, 5.41) is 0. The molecule has 1 aliphatic rings. The van der Waals surface area contributed by atoms with Gasteiger partial charge in [-0.3, -0.25) is 4.31 Å². The van der Waals surface area contributed by atoms with Crippen LogP contribution in [0.4, 0.5) is 5.69 Å². The van der Waals surface area contributed by atoms with Crippen molar-refractivity contribution in [3.8, 4) is 12.5 Å². The number of carbonyl (C=O) groups excluding carboxylic acids is 1. The van der Waals surface area contributed by atoms with E-state index in [4.69, 9.17) is 6.42 Å². The maximum atomic E-state index is 12.3. The molecule has 0 saturated carbocycles. The summed E-state index contributed by atoms with van der Waals surface area (Å²) >= 11 is 0. The highest BCUT2D eigenvalue weighted by Crippen LogP contribution is 2.25. The number of aryl methyl sites for hydroxylation is 1. The van der Waals surface area contributed by atoms with Gasteiger partial charge < -0.3 is 4.74 Å². The predicted octanol–water partition coefficient (Wildman–Crippen LogP) is 0.496. The van der Waals surface area contributed by atoms with Gasteiger partial charge in [-0.05, 0) is 24.6 Å². The molecule has 0 unspecified atom stereocenters. The van der Waals surface area contributed by atoms with Gasteiger partial charge in [0.2, 0.25) is 0 Å². The van der Waals surface area contributed by atoms with Gasteiger partial charge in [0.05, 0.1) is 5.69 Å². The van der Waals surface area contributed by atoms with E-state index >= 15 is 0 Å². The zero-order chi connectivity index (χ0) is 14.8. The van der Waals surface area contributed by atoms with Crippen molar-refractivity contribution in [2.45, 2.75) is 6.92 Å². The first-order chi connectivity index (χ1) is 9.45. The molecular formula is C13H14N2O4S. The number of anilines is 1. The molecule has 0 radical (unpaired) electrons. The summed E-state index contributed by atoms with van der Waals surface area (Å²) < 4.78 is 31.3. The summed E-state index contributed by atoms with van der Waals surface area (Å²) in [4.78, 5) is 11.3. The van der Waals surface area contributed by atoms with Crippen LogP contribution in [-0.2, 0) is 19.7 Å². The molecule has 20 heavy (non-hydrogen) atoms. The van der Waals surface area contributed by atoms with Crippen LogP contribution >= 0.6 is 0 Å². The van der Waals surface area contributed by atoms with Crippen LogP contribution in [0.1, 0.15) is 5.56 Å². The topological polar surface area (TPSA) is 66.9 Å². The first-order valence-electron chi connectivity index (χ1n) is 5.95. The molecule has 0 spiro atoms. The molecular weight excluding hydrogens is 280 g/mol. The molecule has 0 amide bonds. The van der Waals surface area contributed by atoms with Crippen LogP contribution < -0.4 is 4.31 Å². The zero-order valence-corrected chi connectivity index (χ0v) is 11.8. The Morgan fingerprint density at radius 1 is 1.45 bits per heavy atom. The zero-order valence-electron chi connectivity index (χ0n) is 10.9. The lowest BCUT2D eigenvalue weighted by atomic mass is 10.2. The highest BCUT2D eigenvalue weighted by Gasteiger charge is 2.38. The molecule has 0 aromatic heterocycles. The van der Waals surface area contributed by atoms with Gasteiger partial charge in [-0.1, -0.05) is 18.6 Å². The van der Waals surface area contributed by atoms with E-state index in [9.17, 15) is 13.2 Å². The van der Waals surface area contributed by atoms with Gasteiger partial charge in [0.15, 0.2) is 0 Å². The lowest BCUT2D eigenvalue weighted by molar-refractivity contribution is -0.136. The Balaban J connectivity index is 2.20. The van der Waals surface area contributed by atoms with E-state index in [1.807, 2.05) is 13.0 Å². The van der Waals surface area contributed by atoms with Crippen molar-refractivity contribution in [2.24, 2.45) is 0 Å². The van der Waals surface area contributed by atoms with Crippen LogP contribution in [0.3, 0.4) is 0 Å². The van der Waals surface area contributed by atoms with Gasteiger partial charge in [-0.25, -0.2) is 4.79 Å². The highest BCUT2D eigenvalue weighted by molar-refractivity contribution is 7.90. The van der Waals surface area contributed by atoms with Crippen LogP contribution in [-0.4, -0.2) is 38.3 Å². The third kappa shape index (κ3) is 2.76. The quantitative estimate of drug-likeness (QED) is 0.601. The molecule has 0 atom stereocenters. The fourth-order valence-electron chi connectivity index (χ4n) is 2.02. The SMILES string of the molecule is C#COC(=O)CN1CCN(c2cccc(C)c2)S1(=O)=O. The number of ether oxygens (including phenoxy) is 1. The van der Waals surface area contributed by atoms with Crippen molar-refractivity contribution in [3.05, 3.63) is 29.8 Å².